The van der Waals surface area contributed by atoms with Gasteiger partial charge >= 0.3 is 0 Å². The monoisotopic (exact) mass is 550 g/mol. The summed E-state index contributed by atoms with van der Waals surface area (Å²) in [4.78, 5) is 21.3. The summed E-state index contributed by atoms with van der Waals surface area (Å²) in [5, 5.41) is 4.61. The highest BCUT2D eigenvalue weighted by Crippen LogP contribution is 2.15. The normalized spacial score (nSPS) is 12.0. The van der Waals surface area contributed by atoms with E-state index in [0.717, 1.165) is 10.8 Å². The lowest BCUT2D eigenvalue weighted by molar-refractivity contribution is -0.121. The lowest BCUT2D eigenvalue weighted by atomic mass is 9.91. The first-order chi connectivity index (χ1) is 15.5. The van der Waals surface area contributed by atoms with Crippen LogP contribution in [0.1, 0.15) is 83.1 Å². The van der Waals surface area contributed by atoms with E-state index >= 15 is 0 Å². The summed E-state index contributed by atoms with van der Waals surface area (Å²) in [5.74, 6) is -0.0278. The number of nitrogens with one attached hydrogen (secondary N) is 2. The Morgan fingerprint density at radius 3 is 1.08 bits per heavy atom. The molecule has 0 rings (SSSR count). The lowest BCUT2D eigenvalue weighted by Gasteiger charge is -2.18. The smallest absolute Gasteiger partial charge is 0.243 e. The first-order valence-corrected chi connectivity index (χ1v) is 14.3. The number of carbonyl (C=O) groups excluding carboxylic acids is 2. The molecular weight excluding hydrogens is 500 g/mol. The van der Waals surface area contributed by atoms with Crippen molar-refractivity contribution in [1.82, 2.24) is 10.0 Å². The summed E-state index contributed by atoms with van der Waals surface area (Å²) >= 11 is 0. The molecule has 0 unspecified atom stereocenters. The number of sulfonamides is 1. The van der Waals surface area contributed by atoms with Crippen molar-refractivity contribution in [3.05, 3.63) is 49.3 Å². The van der Waals surface area contributed by atoms with E-state index in [-0.39, 0.29) is 22.6 Å². The van der Waals surface area contributed by atoms with Crippen molar-refractivity contribution in [2.24, 2.45) is 5.41 Å². The molecule has 0 spiro atoms. The molecule has 0 radical (unpaired) electrons. The van der Waals surface area contributed by atoms with Crippen LogP contribution in [0.2, 0.25) is 0 Å². The fourth-order valence-corrected chi connectivity index (χ4v) is 2.88. The van der Waals surface area contributed by atoms with E-state index in [1.54, 1.807) is 41.5 Å². The molecule has 0 fully saturated rings. The zero-order valence-electron chi connectivity index (χ0n) is 24.4. The van der Waals surface area contributed by atoms with E-state index in [4.69, 9.17) is 0 Å². The van der Waals surface area contributed by atoms with Crippen LogP contribution in [-0.4, -0.2) is 44.4 Å². The number of amides is 1. The lowest BCUT2D eigenvalue weighted by Crippen LogP contribution is -2.39. The van der Waals surface area contributed by atoms with Crippen molar-refractivity contribution in [1.29, 1.82) is 0 Å². The molecule has 0 aliphatic rings. The predicted molar refractivity (Wildman–Crippen MR) is 154 cm³/mol. The Kier molecular flexibility index (Phi) is 18.2. The van der Waals surface area contributed by atoms with Gasteiger partial charge < -0.3 is 5.32 Å². The SMILES string of the molecule is C=CC(=O)C(C)(C)C.C=CC(=O)NC(C)(C)C.C=CS(=O)(=O)C(C)(C)C.C=CS(=O)(=O)NC(C)(C)C. The Morgan fingerprint density at radius 1 is 0.639 bits per heavy atom. The summed E-state index contributed by atoms with van der Waals surface area (Å²) in [6, 6.07) is 0. The minimum Gasteiger partial charge on any atom is -0.348 e. The van der Waals surface area contributed by atoms with Crippen LogP contribution in [-0.2, 0) is 29.4 Å². The maximum atomic E-state index is 10.9. The maximum Gasteiger partial charge on any atom is 0.243 e. The minimum absolute atomic E-state index is 0.0949. The van der Waals surface area contributed by atoms with Gasteiger partial charge in [-0.15, -0.1) is 0 Å². The van der Waals surface area contributed by atoms with Crippen molar-refractivity contribution in [3.8, 4) is 0 Å². The number of sulfone groups is 1. The predicted octanol–water partition coefficient (Wildman–Crippen LogP) is 5.07. The highest BCUT2D eigenvalue weighted by atomic mass is 32.2. The molecule has 2 N–H and O–H groups in total. The summed E-state index contributed by atoms with van der Waals surface area (Å²) in [6.45, 7) is 34.7. The van der Waals surface area contributed by atoms with Crippen molar-refractivity contribution < 1.29 is 26.4 Å². The van der Waals surface area contributed by atoms with Gasteiger partial charge in [-0.25, -0.2) is 21.6 Å². The number of ketones is 1. The van der Waals surface area contributed by atoms with Crippen molar-refractivity contribution in [2.75, 3.05) is 0 Å². The van der Waals surface area contributed by atoms with Crippen molar-refractivity contribution in [3.63, 3.8) is 0 Å². The van der Waals surface area contributed by atoms with Gasteiger partial charge in [0, 0.05) is 27.3 Å². The highest BCUT2D eigenvalue weighted by molar-refractivity contribution is 7.95. The van der Waals surface area contributed by atoms with E-state index < -0.39 is 30.1 Å². The molecule has 0 saturated carbocycles. The topological polar surface area (TPSA) is 126 Å². The number of hydrogen-bond acceptors (Lipinski definition) is 6. The standard InChI is InChI=1S/C7H13NO.C7H12O.C6H13NO2S.C6H12O2S/c1-5-6(9)8-7(2,3)4;1-5-6(8)7(2,3)4;1-5-10(8,9)7-6(2,3)4;1-5-9(7,8)6(2,3)4/h5H,1H2,2-4H3,(H,8,9);5H,1H2,2-4H3;5,7H,1H2,2-4H3;5H,1H2,2-4H3. The van der Waals surface area contributed by atoms with Gasteiger partial charge in [0.05, 0.1) is 4.75 Å². The Balaban J connectivity index is -0.000000190. The Labute approximate surface area is 221 Å². The number of rotatable bonds is 5. The minimum atomic E-state index is -3.26. The molecule has 0 saturated heterocycles. The second-order valence-electron chi connectivity index (χ2n) is 11.6. The molecule has 212 valence electrons. The van der Waals surface area contributed by atoms with Gasteiger partial charge in [-0.05, 0) is 74.5 Å². The Bertz CT molecular complexity index is 950. The largest absolute Gasteiger partial charge is 0.348 e. The van der Waals surface area contributed by atoms with E-state index in [9.17, 15) is 26.4 Å². The van der Waals surface area contributed by atoms with Crippen LogP contribution in [0.3, 0.4) is 0 Å². The number of allylic oxidation sites excluding steroid dienone is 1. The van der Waals surface area contributed by atoms with Crippen molar-refractivity contribution >= 4 is 31.6 Å². The van der Waals surface area contributed by atoms with Crippen LogP contribution in [0.4, 0.5) is 0 Å². The van der Waals surface area contributed by atoms with E-state index in [0.29, 0.717) is 0 Å². The molecule has 8 nitrogen and oxygen atoms in total. The molecule has 1 amide bonds. The van der Waals surface area contributed by atoms with E-state index in [1.165, 1.54) is 12.2 Å². The third-order valence-electron chi connectivity index (χ3n) is 3.35. The van der Waals surface area contributed by atoms with Crippen molar-refractivity contribution in [2.45, 2.75) is 98.9 Å². The quantitative estimate of drug-likeness (QED) is 0.461. The Hall–Kier alpha value is -2.04. The fraction of sp³-hybridized carbons (Fsp3) is 0.615. The van der Waals surface area contributed by atoms with Gasteiger partial charge in [0.1, 0.15) is 0 Å². The second kappa shape index (κ2) is 15.9. The molecule has 0 aromatic heterocycles. The van der Waals surface area contributed by atoms with Crippen LogP contribution >= 0.6 is 0 Å². The molecule has 0 aromatic carbocycles. The van der Waals surface area contributed by atoms with Gasteiger partial charge in [-0.3, -0.25) is 9.59 Å². The average Bonchev–Trinajstić information content (AvgIpc) is 2.64. The van der Waals surface area contributed by atoms with Gasteiger partial charge in [0.15, 0.2) is 15.6 Å². The van der Waals surface area contributed by atoms with E-state index in [2.05, 4.69) is 36.4 Å². The van der Waals surface area contributed by atoms with Gasteiger partial charge in [0.2, 0.25) is 15.9 Å². The highest BCUT2D eigenvalue weighted by Gasteiger charge is 2.25. The molecule has 10 heteroatoms. The maximum absolute atomic E-state index is 10.9. The molecule has 0 aliphatic heterocycles. The third kappa shape index (κ3) is 26.6. The average molecular weight is 551 g/mol. The zero-order valence-corrected chi connectivity index (χ0v) is 26.0. The van der Waals surface area contributed by atoms with Crippen LogP contribution in [0.25, 0.3) is 0 Å². The molecule has 0 heterocycles. The Morgan fingerprint density at radius 2 is 1.03 bits per heavy atom. The second-order valence-corrected chi connectivity index (χ2v) is 15.9. The number of carbonyl (C=O) groups is 2. The third-order valence-corrected chi connectivity index (χ3v) is 6.83. The number of hydrogen-bond donors (Lipinski definition) is 2. The first kappa shape index (κ1) is 41.1. The fourth-order valence-electron chi connectivity index (χ4n) is 1.45. The van der Waals surface area contributed by atoms with Gasteiger partial charge in [-0.2, -0.15) is 0 Å². The molecule has 0 bridgehead atoms. The summed E-state index contributed by atoms with van der Waals surface area (Å²) in [6.07, 6.45) is 2.63. The zero-order chi connectivity index (χ0) is 30.4. The van der Waals surface area contributed by atoms with Crippen LogP contribution in [0.15, 0.2) is 49.3 Å². The molecular formula is C26H50N2O6S2. The molecule has 36 heavy (non-hydrogen) atoms. The molecule has 0 aliphatic carbocycles. The van der Waals surface area contributed by atoms with Crippen LogP contribution in [0, 0.1) is 5.41 Å². The van der Waals surface area contributed by atoms with Crippen LogP contribution < -0.4 is 10.0 Å². The van der Waals surface area contributed by atoms with Crippen LogP contribution in [0.5, 0.6) is 0 Å². The van der Waals surface area contributed by atoms with E-state index in [1.807, 2.05) is 41.5 Å². The first-order valence-electron chi connectivity index (χ1n) is 11.2. The van der Waals surface area contributed by atoms with Gasteiger partial charge in [0.25, 0.3) is 0 Å². The summed E-state index contributed by atoms with van der Waals surface area (Å²) in [7, 11) is -6.34. The molecule has 0 atom stereocenters. The molecule has 0 aromatic rings. The summed E-state index contributed by atoms with van der Waals surface area (Å²) in [5.41, 5.74) is -0.819. The summed E-state index contributed by atoms with van der Waals surface area (Å²) < 4.78 is 45.1. The van der Waals surface area contributed by atoms with Gasteiger partial charge in [-0.1, -0.05) is 47.1 Å².